The molecule has 0 N–H and O–H groups in total. The zero-order chi connectivity index (χ0) is 11.9. The van der Waals surface area contributed by atoms with Gasteiger partial charge in [0.15, 0.2) is 0 Å². The van der Waals surface area contributed by atoms with Crippen LogP contribution in [-0.2, 0) is 9.53 Å². The molecular weight excluding hydrogens is 192 g/mol. The van der Waals surface area contributed by atoms with Gasteiger partial charge in [0.25, 0.3) is 0 Å². The number of amides is 1. The minimum atomic E-state index is -0.460. The molecule has 0 unspecified atom stereocenters. The van der Waals surface area contributed by atoms with Gasteiger partial charge in [-0.15, -0.1) is 0 Å². The van der Waals surface area contributed by atoms with Crippen LogP contribution >= 0.6 is 0 Å². The molecule has 86 valence electrons. The van der Waals surface area contributed by atoms with Gasteiger partial charge in [-0.2, -0.15) is 5.26 Å². The number of rotatable bonds is 6. The van der Waals surface area contributed by atoms with Crippen LogP contribution in [0.2, 0.25) is 0 Å². The Labute approximate surface area is 91.8 Å². The molecule has 0 saturated carbocycles. The van der Waals surface area contributed by atoms with E-state index in [9.17, 15) is 4.79 Å². The molecular formula is C11H20N2O2. The Morgan fingerprint density at radius 2 is 2.13 bits per heavy atom. The summed E-state index contributed by atoms with van der Waals surface area (Å²) in [5.74, 6) is -0.0229. The zero-order valence-corrected chi connectivity index (χ0v) is 10.0. The third kappa shape index (κ3) is 5.38. The van der Waals surface area contributed by atoms with Crippen LogP contribution in [-0.4, -0.2) is 36.6 Å². The van der Waals surface area contributed by atoms with Crippen molar-refractivity contribution in [3.63, 3.8) is 0 Å². The van der Waals surface area contributed by atoms with Crippen LogP contribution in [0.1, 0.15) is 33.6 Å². The van der Waals surface area contributed by atoms with Crippen molar-refractivity contribution in [2.24, 2.45) is 0 Å². The van der Waals surface area contributed by atoms with Gasteiger partial charge >= 0.3 is 0 Å². The van der Waals surface area contributed by atoms with Crippen LogP contribution in [0.4, 0.5) is 0 Å². The number of carbonyl (C=O) groups is 1. The summed E-state index contributed by atoms with van der Waals surface area (Å²) < 4.78 is 5.18. The maximum Gasteiger partial charge on any atom is 0.226 e. The molecule has 0 saturated heterocycles. The second-order valence-corrected chi connectivity index (χ2v) is 4.11. The number of methoxy groups -OCH3 is 1. The van der Waals surface area contributed by atoms with Gasteiger partial charge in [-0.25, -0.2) is 0 Å². The van der Waals surface area contributed by atoms with Crippen molar-refractivity contribution < 1.29 is 9.53 Å². The smallest absolute Gasteiger partial charge is 0.226 e. The van der Waals surface area contributed by atoms with Crippen molar-refractivity contribution in [3.8, 4) is 6.07 Å². The molecule has 0 aliphatic carbocycles. The molecule has 1 amide bonds. The first-order valence-corrected chi connectivity index (χ1v) is 5.16. The molecule has 0 heterocycles. The van der Waals surface area contributed by atoms with Crippen molar-refractivity contribution in [1.29, 1.82) is 5.26 Å². The van der Waals surface area contributed by atoms with E-state index in [0.717, 1.165) is 6.42 Å². The number of ether oxygens (including phenoxy) is 1. The highest BCUT2D eigenvalue weighted by Gasteiger charge is 2.24. The molecule has 0 fully saturated rings. The van der Waals surface area contributed by atoms with E-state index < -0.39 is 5.60 Å². The van der Waals surface area contributed by atoms with Gasteiger partial charge < -0.3 is 9.64 Å². The summed E-state index contributed by atoms with van der Waals surface area (Å²) in [5, 5.41) is 8.59. The molecule has 0 aromatic carbocycles. The van der Waals surface area contributed by atoms with E-state index in [0.29, 0.717) is 13.0 Å². The predicted octanol–water partition coefficient (Wildman–Crippen LogP) is 1.56. The highest BCUT2D eigenvalue weighted by atomic mass is 16.5. The lowest BCUT2D eigenvalue weighted by Crippen LogP contribution is -2.38. The molecule has 0 rings (SSSR count). The Morgan fingerprint density at radius 3 is 2.53 bits per heavy atom. The Bertz CT molecular complexity index is 243. The number of nitriles is 1. The SMILES string of the molecule is CCCN(CC#N)C(=O)CC(C)(C)OC. The van der Waals surface area contributed by atoms with Gasteiger partial charge in [-0.3, -0.25) is 4.79 Å². The van der Waals surface area contributed by atoms with Crippen LogP contribution in [0.5, 0.6) is 0 Å². The van der Waals surface area contributed by atoms with Crippen molar-refractivity contribution in [2.45, 2.75) is 39.2 Å². The first-order valence-electron chi connectivity index (χ1n) is 5.16. The van der Waals surface area contributed by atoms with E-state index in [-0.39, 0.29) is 12.5 Å². The lowest BCUT2D eigenvalue weighted by molar-refractivity contribution is -0.135. The van der Waals surface area contributed by atoms with E-state index in [1.54, 1.807) is 12.0 Å². The van der Waals surface area contributed by atoms with Gasteiger partial charge in [0.05, 0.1) is 18.1 Å². The zero-order valence-electron chi connectivity index (χ0n) is 10.0. The van der Waals surface area contributed by atoms with Gasteiger partial charge in [0.2, 0.25) is 5.91 Å². The fraction of sp³-hybridized carbons (Fsp3) is 0.818. The molecule has 0 radical (unpaired) electrons. The van der Waals surface area contributed by atoms with E-state index in [4.69, 9.17) is 10.00 Å². The summed E-state index contributed by atoms with van der Waals surface area (Å²) in [6, 6.07) is 2.00. The van der Waals surface area contributed by atoms with E-state index in [1.165, 1.54) is 0 Å². The normalized spacial score (nSPS) is 10.9. The fourth-order valence-corrected chi connectivity index (χ4v) is 1.20. The molecule has 15 heavy (non-hydrogen) atoms. The Morgan fingerprint density at radius 1 is 1.53 bits per heavy atom. The summed E-state index contributed by atoms with van der Waals surface area (Å²) in [6.07, 6.45) is 1.17. The Kier molecular flexibility index (Phi) is 5.95. The second kappa shape index (κ2) is 6.41. The first-order chi connectivity index (χ1) is 6.96. The predicted molar refractivity (Wildman–Crippen MR) is 58.2 cm³/mol. The van der Waals surface area contributed by atoms with Gasteiger partial charge in [-0.05, 0) is 20.3 Å². The molecule has 0 aliphatic heterocycles. The third-order valence-electron chi connectivity index (χ3n) is 2.24. The summed E-state index contributed by atoms with van der Waals surface area (Å²) in [6.45, 7) is 6.50. The maximum atomic E-state index is 11.8. The van der Waals surface area contributed by atoms with Crippen LogP contribution in [0.25, 0.3) is 0 Å². The minimum absolute atomic E-state index is 0.0229. The number of hydrogen-bond acceptors (Lipinski definition) is 3. The topological polar surface area (TPSA) is 53.3 Å². The summed E-state index contributed by atoms with van der Waals surface area (Å²) in [7, 11) is 1.59. The van der Waals surface area contributed by atoms with Crippen molar-refractivity contribution >= 4 is 5.91 Å². The molecule has 0 aliphatic rings. The van der Waals surface area contributed by atoms with Crippen LogP contribution in [0.15, 0.2) is 0 Å². The van der Waals surface area contributed by atoms with Gasteiger partial charge in [-0.1, -0.05) is 6.92 Å². The van der Waals surface area contributed by atoms with E-state index in [1.807, 2.05) is 26.8 Å². The van der Waals surface area contributed by atoms with Gasteiger partial charge in [0.1, 0.15) is 6.54 Å². The van der Waals surface area contributed by atoms with E-state index in [2.05, 4.69) is 0 Å². The summed E-state index contributed by atoms with van der Waals surface area (Å²) >= 11 is 0. The minimum Gasteiger partial charge on any atom is -0.378 e. The first kappa shape index (κ1) is 13.9. The summed E-state index contributed by atoms with van der Waals surface area (Å²) in [5.41, 5.74) is -0.460. The summed E-state index contributed by atoms with van der Waals surface area (Å²) in [4.78, 5) is 13.4. The molecule has 0 bridgehead atoms. The highest BCUT2D eigenvalue weighted by molar-refractivity contribution is 5.77. The number of nitrogens with zero attached hydrogens (tertiary/aromatic N) is 2. The van der Waals surface area contributed by atoms with Crippen molar-refractivity contribution in [1.82, 2.24) is 4.90 Å². The molecule has 4 nitrogen and oxygen atoms in total. The standard InChI is InChI=1S/C11H20N2O2/c1-5-7-13(8-6-12)10(14)9-11(2,3)15-4/h5,7-9H2,1-4H3. The molecule has 4 heteroatoms. The average Bonchev–Trinajstić information content (AvgIpc) is 2.17. The quantitative estimate of drug-likeness (QED) is 0.628. The molecule has 0 aromatic rings. The van der Waals surface area contributed by atoms with Crippen LogP contribution in [0, 0.1) is 11.3 Å². The fourth-order valence-electron chi connectivity index (χ4n) is 1.20. The third-order valence-corrected chi connectivity index (χ3v) is 2.24. The van der Waals surface area contributed by atoms with Crippen LogP contribution in [0.3, 0.4) is 0 Å². The lowest BCUT2D eigenvalue weighted by Gasteiger charge is -2.26. The lowest BCUT2D eigenvalue weighted by atomic mass is 10.0. The molecule has 0 aromatic heterocycles. The number of carbonyl (C=O) groups excluding carboxylic acids is 1. The van der Waals surface area contributed by atoms with Gasteiger partial charge in [0, 0.05) is 13.7 Å². The van der Waals surface area contributed by atoms with Crippen LogP contribution < -0.4 is 0 Å². The Hall–Kier alpha value is -1.08. The van der Waals surface area contributed by atoms with Crippen molar-refractivity contribution in [3.05, 3.63) is 0 Å². The number of hydrogen-bond donors (Lipinski definition) is 0. The van der Waals surface area contributed by atoms with E-state index >= 15 is 0 Å². The largest absolute Gasteiger partial charge is 0.378 e. The average molecular weight is 212 g/mol. The second-order valence-electron chi connectivity index (χ2n) is 4.11. The Balaban J connectivity index is 4.32. The monoisotopic (exact) mass is 212 g/mol. The maximum absolute atomic E-state index is 11.8. The molecule has 0 spiro atoms. The van der Waals surface area contributed by atoms with Crippen molar-refractivity contribution in [2.75, 3.05) is 20.2 Å². The highest BCUT2D eigenvalue weighted by Crippen LogP contribution is 2.14. The molecule has 0 atom stereocenters.